The highest BCUT2D eigenvalue weighted by atomic mass is 32.2. The van der Waals surface area contributed by atoms with E-state index in [1.165, 1.54) is 41.3 Å². The normalized spacial score (nSPS) is 16.2. The second kappa shape index (κ2) is 8.57. The molecule has 0 aliphatic carbocycles. The van der Waals surface area contributed by atoms with Gasteiger partial charge in [-0.2, -0.15) is 17.5 Å². The molecule has 0 spiro atoms. The van der Waals surface area contributed by atoms with Gasteiger partial charge in [-0.05, 0) is 48.0 Å². The first-order valence-electron chi connectivity index (χ1n) is 8.97. The Morgan fingerprint density at radius 1 is 0.900 bits per heavy atom. The fourth-order valence-electron chi connectivity index (χ4n) is 2.96. The largest absolute Gasteiger partial charge is 0.416 e. The highest BCUT2D eigenvalue weighted by molar-refractivity contribution is 7.89. The SMILES string of the molecule is O=C(/C=C/c1ccc(F)cc1)N1CCN(S(=O)(=O)c2ccc(C(F)(F)F)cc2)CC1. The van der Waals surface area contributed by atoms with Gasteiger partial charge >= 0.3 is 6.18 Å². The smallest absolute Gasteiger partial charge is 0.337 e. The summed E-state index contributed by atoms with van der Waals surface area (Å²) in [5.74, 6) is -0.699. The molecule has 0 aromatic heterocycles. The van der Waals surface area contributed by atoms with Gasteiger partial charge in [0.05, 0.1) is 10.5 Å². The molecular formula is C20H18F4N2O3S. The summed E-state index contributed by atoms with van der Waals surface area (Å²) in [5, 5.41) is 0. The van der Waals surface area contributed by atoms with Crippen molar-refractivity contribution in [3.63, 3.8) is 0 Å². The Kier molecular flexibility index (Phi) is 6.27. The van der Waals surface area contributed by atoms with Crippen molar-refractivity contribution in [2.75, 3.05) is 26.2 Å². The van der Waals surface area contributed by atoms with Gasteiger partial charge in [-0.1, -0.05) is 12.1 Å². The molecule has 0 unspecified atom stereocenters. The molecule has 0 N–H and O–H groups in total. The summed E-state index contributed by atoms with van der Waals surface area (Å²) < 4.78 is 77.3. The van der Waals surface area contributed by atoms with E-state index in [0.717, 1.165) is 28.6 Å². The van der Waals surface area contributed by atoms with Crippen LogP contribution in [-0.2, 0) is 21.0 Å². The minimum atomic E-state index is -4.55. The minimum Gasteiger partial charge on any atom is -0.337 e. The molecule has 5 nitrogen and oxygen atoms in total. The lowest BCUT2D eigenvalue weighted by Gasteiger charge is -2.33. The molecule has 1 aliphatic heterocycles. The molecule has 0 atom stereocenters. The third-order valence-electron chi connectivity index (χ3n) is 4.66. The summed E-state index contributed by atoms with van der Waals surface area (Å²) >= 11 is 0. The van der Waals surface area contributed by atoms with E-state index in [9.17, 15) is 30.8 Å². The number of amides is 1. The topological polar surface area (TPSA) is 57.7 Å². The summed E-state index contributed by atoms with van der Waals surface area (Å²) in [6.45, 7) is 0.345. The molecule has 1 saturated heterocycles. The van der Waals surface area contributed by atoms with Gasteiger partial charge in [0.15, 0.2) is 0 Å². The molecule has 2 aromatic carbocycles. The first kappa shape index (κ1) is 22.0. The second-order valence-electron chi connectivity index (χ2n) is 6.64. The number of carbonyl (C=O) groups excluding carboxylic acids is 1. The van der Waals surface area contributed by atoms with Crippen LogP contribution in [-0.4, -0.2) is 49.7 Å². The van der Waals surface area contributed by atoms with Crippen molar-refractivity contribution in [2.24, 2.45) is 0 Å². The quantitative estimate of drug-likeness (QED) is 0.539. The van der Waals surface area contributed by atoms with Crippen molar-refractivity contribution >= 4 is 22.0 Å². The van der Waals surface area contributed by atoms with Crippen LogP contribution < -0.4 is 0 Å². The number of carbonyl (C=O) groups is 1. The molecule has 1 fully saturated rings. The van der Waals surface area contributed by atoms with Crippen molar-refractivity contribution in [3.05, 3.63) is 71.6 Å². The van der Waals surface area contributed by atoms with Crippen molar-refractivity contribution in [2.45, 2.75) is 11.1 Å². The van der Waals surface area contributed by atoms with Crippen LogP contribution in [0.25, 0.3) is 6.08 Å². The highest BCUT2D eigenvalue weighted by Gasteiger charge is 2.33. The number of alkyl halides is 3. The Labute approximate surface area is 171 Å². The maximum absolute atomic E-state index is 12.9. The monoisotopic (exact) mass is 442 g/mol. The van der Waals surface area contributed by atoms with E-state index in [0.29, 0.717) is 5.56 Å². The molecule has 160 valence electrons. The van der Waals surface area contributed by atoms with E-state index >= 15 is 0 Å². The Morgan fingerprint density at radius 2 is 1.47 bits per heavy atom. The average molecular weight is 442 g/mol. The number of benzene rings is 2. The molecule has 1 heterocycles. The number of piperazine rings is 1. The predicted octanol–water partition coefficient (Wildman–Crippen LogP) is 3.39. The van der Waals surface area contributed by atoms with Gasteiger partial charge in [0.25, 0.3) is 0 Å². The van der Waals surface area contributed by atoms with Gasteiger partial charge in [0.1, 0.15) is 5.82 Å². The molecule has 3 rings (SSSR count). The van der Waals surface area contributed by atoms with E-state index < -0.39 is 21.8 Å². The fourth-order valence-corrected chi connectivity index (χ4v) is 4.38. The van der Waals surface area contributed by atoms with Crippen LogP contribution in [0, 0.1) is 5.82 Å². The van der Waals surface area contributed by atoms with E-state index in [4.69, 9.17) is 0 Å². The van der Waals surface area contributed by atoms with E-state index in [-0.39, 0.29) is 42.8 Å². The van der Waals surface area contributed by atoms with Crippen molar-refractivity contribution < 1.29 is 30.8 Å². The first-order chi connectivity index (χ1) is 14.1. The molecule has 2 aromatic rings. The third kappa shape index (κ3) is 5.06. The highest BCUT2D eigenvalue weighted by Crippen LogP contribution is 2.30. The molecule has 0 radical (unpaired) electrons. The van der Waals surface area contributed by atoms with Crippen LogP contribution in [0.4, 0.5) is 17.6 Å². The van der Waals surface area contributed by atoms with Crippen LogP contribution in [0.15, 0.2) is 59.5 Å². The van der Waals surface area contributed by atoms with Crippen LogP contribution in [0.5, 0.6) is 0 Å². The second-order valence-corrected chi connectivity index (χ2v) is 8.57. The van der Waals surface area contributed by atoms with E-state index in [1.54, 1.807) is 0 Å². The molecule has 0 bridgehead atoms. The number of sulfonamides is 1. The standard InChI is InChI=1S/C20H18F4N2O3S/c21-17-6-1-15(2-7-17)3-10-19(27)25-11-13-26(14-12-25)30(28,29)18-8-4-16(5-9-18)20(22,23)24/h1-10H,11-14H2/b10-3+. The minimum absolute atomic E-state index is 0.0273. The zero-order chi connectivity index (χ0) is 21.9. The third-order valence-corrected chi connectivity index (χ3v) is 6.57. The molecule has 10 heteroatoms. The van der Waals surface area contributed by atoms with Crippen LogP contribution >= 0.6 is 0 Å². The van der Waals surface area contributed by atoms with E-state index in [1.807, 2.05) is 0 Å². The van der Waals surface area contributed by atoms with Gasteiger partial charge in [0.2, 0.25) is 15.9 Å². The molecular weight excluding hydrogens is 424 g/mol. The lowest BCUT2D eigenvalue weighted by Crippen LogP contribution is -2.50. The first-order valence-corrected chi connectivity index (χ1v) is 10.4. The van der Waals surface area contributed by atoms with Crippen LogP contribution in [0.2, 0.25) is 0 Å². The van der Waals surface area contributed by atoms with Gasteiger partial charge < -0.3 is 4.90 Å². The van der Waals surface area contributed by atoms with Gasteiger partial charge in [0, 0.05) is 32.3 Å². The Bertz CT molecular complexity index is 1030. The molecule has 30 heavy (non-hydrogen) atoms. The Morgan fingerprint density at radius 3 is 2.00 bits per heavy atom. The maximum Gasteiger partial charge on any atom is 0.416 e. The van der Waals surface area contributed by atoms with Crippen LogP contribution in [0.1, 0.15) is 11.1 Å². The maximum atomic E-state index is 12.9. The lowest BCUT2D eigenvalue weighted by atomic mass is 10.2. The van der Waals surface area contributed by atoms with Gasteiger partial charge in [-0.3, -0.25) is 4.79 Å². The number of halogens is 4. The van der Waals surface area contributed by atoms with Crippen molar-refractivity contribution in [3.8, 4) is 0 Å². The fraction of sp³-hybridized carbons (Fsp3) is 0.250. The zero-order valence-electron chi connectivity index (χ0n) is 15.6. The Balaban J connectivity index is 1.61. The number of nitrogens with zero attached hydrogens (tertiary/aromatic N) is 2. The summed E-state index contributed by atoms with van der Waals surface area (Å²) in [7, 11) is -3.96. The molecule has 1 amide bonds. The summed E-state index contributed by atoms with van der Waals surface area (Å²) in [6, 6.07) is 8.91. The van der Waals surface area contributed by atoms with Gasteiger partial charge in [-0.15, -0.1) is 0 Å². The Hall–Kier alpha value is -2.72. The summed E-state index contributed by atoms with van der Waals surface area (Å²) in [4.78, 5) is 13.5. The van der Waals surface area contributed by atoms with Crippen molar-refractivity contribution in [1.82, 2.24) is 9.21 Å². The number of hydrogen-bond donors (Lipinski definition) is 0. The summed E-state index contributed by atoms with van der Waals surface area (Å²) in [5.41, 5.74) is -0.280. The zero-order valence-corrected chi connectivity index (χ0v) is 16.5. The predicted molar refractivity (Wildman–Crippen MR) is 102 cm³/mol. The number of hydrogen-bond acceptors (Lipinski definition) is 3. The average Bonchev–Trinajstić information content (AvgIpc) is 2.72. The van der Waals surface area contributed by atoms with E-state index in [2.05, 4.69) is 0 Å². The summed E-state index contributed by atoms with van der Waals surface area (Å²) in [6.07, 6.45) is -1.68. The van der Waals surface area contributed by atoms with Crippen molar-refractivity contribution in [1.29, 1.82) is 0 Å². The number of rotatable bonds is 4. The van der Waals surface area contributed by atoms with Crippen LogP contribution in [0.3, 0.4) is 0 Å². The molecule has 1 aliphatic rings. The lowest BCUT2D eigenvalue weighted by molar-refractivity contribution is -0.137. The molecule has 0 saturated carbocycles. The van der Waals surface area contributed by atoms with Gasteiger partial charge in [-0.25, -0.2) is 12.8 Å².